The van der Waals surface area contributed by atoms with E-state index in [2.05, 4.69) is 52.5 Å². The molecule has 3 heteroatoms. The fraction of sp³-hybridized carbons (Fsp3) is 0.467. The molecule has 1 fully saturated rings. The van der Waals surface area contributed by atoms with Crippen LogP contribution in [0.4, 0.5) is 0 Å². The van der Waals surface area contributed by atoms with Crippen molar-refractivity contribution in [2.45, 2.75) is 25.3 Å². The molecule has 1 aromatic carbocycles. The van der Waals surface area contributed by atoms with Gasteiger partial charge in [0.05, 0.1) is 0 Å². The fourth-order valence-electron chi connectivity index (χ4n) is 2.65. The minimum Gasteiger partial charge on any atom is -0.361 e. The lowest BCUT2D eigenvalue weighted by Crippen LogP contribution is -2.33. The predicted octanol–water partition coefficient (Wildman–Crippen LogP) is 3.20. The van der Waals surface area contributed by atoms with Gasteiger partial charge in [0, 0.05) is 23.1 Å². The van der Waals surface area contributed by atoms with E-state index in [-0.39, 0.29) is 0 Å². The molecular formula is C15H20N2S. The molecule has 0 unspecified atom stereocenters. The number of nitrogens with one attached hydrogen (secondary N) is 2. The van der Waals surface area contributed by atoms with Crippen LogP contribution >= 0.6 is 11.8 Å². The molecule has 96 valence electrons. The molecule has 0 spiro atoms. The van der Waals surface area contributed by atoms with Gasteiger partial charge in [-0.25, -0.2) is 0 Å². The van der Waals surface area contributed by atoms with Crippen LogP contribution < -0.4 is 5.32 Å². The van der Waals surface area contributed by atoms with Gasteiger partial charge in [-0.05, 0) is 48.9 Å². The van der Waals surface area contributed by atoms with Gasteiger partial charge in [0.15, 0.2) is 0 Å². The van der Waals surface area contributed by atoms with Crippen LogP contribution in [-0.2, 0) is 6.42 Å². The molecule has 2 aromatic rings. The van der Waals surface area contributed by atoms with E-state index in [9.17, 15) is 0 Å². The first-order valence-corrected chi connectivity index (χ1v) is 7.95. The Balaban J connectivity index is 1.56. The molecule has 0 bridgehead atoms. The van der Waals surface area contributed by atoms with Crippen LogP contribution in [0.1, 0.15) is 18.4 Å². The first-order valence-electron chi connectivity index (χ1n) is 6.79. The monoisotopic (exact) mass is 260 g/mol. The molecule has 2 nitrogen and oxygen atoms in total. The van der Waals surface area contributed by atoms with Gasteiger partial charge in [-0.3, -0.25) is 0 Å². The van der Waals surface area contributed by atoms with E-state index in [1.807, 2.05) is 0 Å². The van der Waals surface area contributed by atoms with Crippen molar-refractivity contribution in [3.63, 3.8) is 0 Å². The van der Waals surface area contributed by atoms with Gasteiger partial charge in [-0.15, -0.1) is 0 Å². The number of benzene rings is 1. The lowest BCUT2D eigenvalue weighted by Gasteiger charge is -2.22. The van der Waals surface area contributed by atoms with E-state index in [4.69, 9.17) is 0 Å². The number of hydrogen-bond donors (Lipinski definition) is 2. The maximum Gasteiger partial charge on any atom is 0.0456 e. The zero-order valence-corrected chi connectivity index (χ0v) is 11.4. The van der Waals surface area contributed by atoms with Gasteiger partial charge in [0.25, 0.3) is 0 Å². The largest absolute Gasteiger partial charge is 0.361 e. The van der Waals surface area contributed by atoms with Crippen molar-refractivity contribution in [2.75, 3.05) is 18.1 Å². The standard InChI is InChI=1S/C15H20N2S/c1-2-4-15-14(3-1)12(11-17-15)5-8-16-13-6-9-18-10-7-13/h1-4,11,13,16-17H,5-10H2. The van der Waals surface area contributed by atoms with Crippen molar-refractivity contribution in [3.05, 3.63) is 36.0 Å². The van der Waals surface area contributed by atoms with Crippen LogP contribution in [0.25, 0.3) is 10.9 Å². The van der Waals surface area contributed by atoms with Crippen molar-refractivity contribution >= 4 is 22.7 Å². The molecule has 1 aromatic heterocycles. The summed E-state index contributed by atoms with van der Waals surface area (Å²) < 4.78 is 0. The fourth-order valence-corrected chi connectivity index (χ4v) is 3.76. The van der Waals surface area contributed by atoms with E-state index in [0.29, 0.717) is 0 Å². The van der Waals surface area contributed by atoms with Gasteiger partial charge in [0.1, 0.15) is 0 Å². The first kappa shape index (κ1) is 12.1. The summed E-state index contributed by atoms with van der Waals surface area (Å²) in [6.07, 6.45) is 5.94. The van der Waals surface area contributed by atoms with Gasteiger partial charge in [-0.1, -0.05) is 18.2 Å². The van der Waals surface area contributed by atoms with Crippen molar-refractivity contribution < 1.29 is 0 Å². The maximum absolute atomic E-state index is 3.70. The van der Waals surface area contributed by atoms with Crippen molar-refractivity contribution in [2.24, 2.45) is 0 Å². The average molecular weight is 260 g/mol. The van der Waals surface area contributed by atoms with E-state index < -0.39 is 0 Å². The number of fused-ring (bicyclic) bond motifs is 1. The van der Waals surface area contributed by atoms with Crippen LogP contribution in [0.2, 0.25) is 0 Å². The summed E-state index contributed by atoms with van der Waals surface area (Å²) in [5.41, 5.74) is 2.69. The third-order valence-corrected chi connectivity index (χ3v) is 4.77. The molecular weight excluding hydrogens is 240 g/mol. The maximum atomic E-state index is 3.70. The van der Waals surface area contributed by atoms with E-state index in [1.54, 1.807) is 0 Å². The van der Waals surface area contributed by atoms with Crippen LogP contribution in [-0.4, -0.2) is 29.1 Å². The number of aromatic amines is 1. The highest BCUT2D eigenvalue weighted by molar-refractivity contribution is 7.99. The number of aromatic nitrogens is 1. The van der Waals surface area contributed by atoms with Crippen molar-refractivity contribution in [3.8, 4) is 0 Å². The lowest BCUT2D eigenvalue weighted by atomic mass is 10.1. The Morgan fingerprint density at radius 1 is 1.22 bits per heavy atom. The number of rotatable bonds is 4. The molecule has 1 aliphatic rings. The predicted molar refractivity (Wildman–Crippen MR) is 80.4 cm³/mol. The summed E-state index contributed by atoms with van der Waals surface area (Å²) in [6, 6.07) is 9.30. The Labute approximate surface area is 113 Å². The average Bonchev–Trinajstić information content (AvgIpc) is 2.84. The Morgan fingerprint density at radius 2 is 2.06 bits per heavy atom. The van der Waals surface area contributed by atoms with Crippen LogP contribution in [0, 0.1) is 0 Å². The Kier molecular flexibility index (Phi) is 3.91. The highest BCUT2D eigenvalue weighted by Crippen LogP contribution is 2.19. The van der Waals surface area contributed by atoms with Gasteiger partial charge in [0.2, 0.25) is 0 Å². The van der Waals surface area contributed by atoms with Gasteiger partial charge in [-0.2, -0.15) is 11.8 Å². The Hall–Kier alpha value is -0.930. The number of hydrogen-bond acceptors (Lipinski definition) is 2. The van der Waals surface area contributed by atoms with Crippen molar-refractivity contribution in [1.29, 1.82) is 0 Å². The minimum atomic E-state index is 0.747. The van der Waals surface area contributed by atoms with E-state index in [1.165, 1.54) is 40.8 Å². The molecule has 18 heavy (non-hydrogen) atoms. The number of thioether (sulfide) groups is 1. The molecule has 0 atom stereocenters. The Morgan fingerprint density at radius 3 is 2.94 bits per heavy atom. The second kappa shape index (κ2) is 5.81. The summed E-state index contributed by atoms with van der Waals surface area (Å²) in [4.78, 5) is 3.35. The zero-order valence-electron chi connectivity index (χ0n) is 10.6. The molecule has 0 amide bonds. The summed E-state index contributed by atoms with van der Waals surface area (Å²) in [7, 11) is 0. The van der Waals surface area contributed by atoms with Crippen molar-refractivity contribution in [1.82, 2.24) is 10.3 Å². The molecule has 1 aliphatic heterocycles. The molecule has 3 rings (SSSR count). The molecule has 0 aliphatic carbocycles. The van der Waals surface area contributed by atoms with Crippen LogP contribution in [0.3, 0.4) is 0 Å². The van der Waals surface area contributed by atoms with Crippen LogP contribution in [0.15, 0.2) is 30.5 Å². The first-order chi connectivity index (χ1) is 8.93. The third-order valence-electron chi connectivity index (χ3n) is 3.72. The SMILES string of the molecule is c1ccc2c(CCNC3CCSCC3)c[nH]c2c1. The quantitative estimate of drug-likeness (QED) is 0.883. The van der Waals surface area contributed by atoms with Gasteiger partial charge < -0.3 is 10.3 Å². The summed E-state index contributed by atoms with van der Waals surface area (Å²) >= 11 is 2.09. The second-order valence-electron chi connectivity index (χ2n) is 4.95. The molecule has 2 heterocycles. The third kappa shape index (κ3) is 2.73. The molecule has 2 N–H and O–H groups in total. The Bertz CT molecular complexity index is 500. The lowest BCUT2D eigenvalue weighted by molar-refractivity contribution is 0.486. The molecule has 1 saturated heterocycles. The highest BCUT2D eigenvalue weighted by Gasteiger charge is 2.12. The summed E-state index contributed by atoms with van der Waals surface area (Å²) in [6.45, 7) is 1.09. The normalized spacial score (nSPS) is 17.3. The number of para-hydroxylation sites is 1. The number of H-pyrrole nitrogens is 1. The minimum absolute atomic E-state index is 0.747. The highest BCUT2D eigenvalue weighted by atomic mass is 32.2. The van der Waals surface area contributed by atoms with E-state index >= 15 is 0 Å². The topological polar surface area (TPSA) is 27.8 Å². The smallest absolute Gasteiger partial charge is 0.0456 e. The molecule has 0 saturated carbocycles. The van der Waals surface area contributed by atoms with E-state index in [0.717, 1.165) is 19.0 Å². The van der Waals surface area contributed by atoms with Crippen LogP contribution in [0.5, 0.6) is 0 Å². The summed E-state index contributed by atoms with van der Waals surface area (Å²) in [5.74, 6) is 2.65. The summed E-state index contributed by atoms with van der Waals surface area (Å²) in [5, 5.41) is 5.07. The molecule has 0 radical (unpaired) electrons. The van der Waals surface area contributed by atoms with Gasteiger partial charge >= 0.3 is 0 Å². The second-order valence-corrected chi connectivity index (χ2v) is 6.18. The zero-order chi connectivity index (χ0) is 12.2.